The third-order valence-corrected chi connectivity index (χ3v) is 2.13. The quantitative estimate of drug-likeness (QED) is 0.492. The number of anilines is 1. The van der Waals surface area contributed by atoms with Gasteiger partial charge in [0.2, 0.25) is 0 Å². The summed E-state index contributed by atoms with van der Waals surface area (Å²) in [5, 5.41) is 0. The Hall–Kier alpha value is -1.84. The summed E-state index contributed by atoms with van der Waals surface area (Å²) in [6.07, 6.45) is 0. The molecule has 0 atom stereocenters. The van der Waals surface area contributed by atoms with Crippen LogP contribution in [-0.2, 0) is 4.74 Å². The Labute approximate surface area is 81.1 Å². The highest BCUT2D eigenvalue weighted by molar-refractivity contribution is 6.17. The van der Waals surface area contributed by atoms with Crippen LogP contribution < -0.4 is 4.90 Å². The van der Waals surface area contributed by atoms with Crippen molar-refractivity contribution < 1.29 is 14.3 Å². The van der Waals surface area contributed by atoms with Crippen molar-refractivity contribution in [2.45, 2.75) is 0 Å². The average molecular weight is 191 g/mol. The summed E-state index contributed by atoms with van der Waals surface area (Å²) in [5.74, 6) is -1.12. The number of hydrogen-bond donors (Lipinski definition) is 0. The van der Waals surface area contributed by atoms with E-state index in [4.69, 9.17) is 0 Å². The first-order valence-electron chi connectivity index (χ1n) is 4.18. The van der Waals surface area contributed by atoms with Crippen LogP contribution in [0.3, 0.4) is 0 Å². The van der Waals surface area contributed by atoms with Gasteiger partial charge in [-0.15, -0.1) is 0 Å². The molecule has 4 heteroatoms. The van der Waals surface area contributed by atoms with Gasteiger partial charge in [0.05, 0.1) is 16.8 Å². The van der Waals surface area contributed by atoms with Crippen molar-refractivity contribution in [3.63, 3.8) is 0 Å². The molecule has 72 valence electrons. The predicted molar refractivity (Wildman–Crippen MR) is 50.5 cm³/mol. The standard InChI is InChI=1S/C10H9NO3/c1-11(2)7-5-3-4-6-8(7)10(13)14-9(6)12/h3-5H,1-2H3. The van der Waals surface area contributed by atoms with Crippen molar-refractivity contribution >= 4 is 17.6 Å². The molecular formula is C10H9NO3. The van der Waals surface area contributed by atoms with Gasteiger partial charge in [-0.1, -0.05) is 6.07 Å². The lowest BCUT2D eigenvalue weighted by Gasteiger charge is -2.13. The van der Waals surface area contributed by atoms with Crippen molar-refractivity contribution in [3.8, 4) is 0 Å². The van der Waals surface area contributed by atoms with Crippen LogP contribution in [-0.4, -0.2) is 26.0 Å². The Morgan fingerprint density at radius 2 is 1.86 bits per heavy atom. The molecule has 0 radical (unpaired) electrons. The van der Waals surface area contributed by atoms with E-state index in [0.717, 1.165) is 0 Å². The van der Waals surface area contributed by atoms with Crippen LogP contribution in [0.1, 0.15) is 20.7 Å². The van der Waals surface area contributed by atoms with Gasteiger partial charge in [-0.3, -0.25) is 0 Å². The van der Waals surface area contributed by atoms with E-state index in [9.17, 15) is 9.59 Å². The number of esters is 2. The maximum atomic E-state index is 11.3. The highest BCUT2D eigenvalue weighted by Gasteiger charge is 2.32. The van der Waals surface area contributed by atoms with Crippen LogP contribution in [0.2, 0.25) is 0 Å². The van der Waals surface area contributed by atoms with Crippen molar-refractivity contribution in [1.82, 2.24) is 0 Å². The van der Waals surface area contributed by atoms with Crippen LogP contribution in [0, 0.1) is 0 Å². The van der Waals surface area contributed by atoms with Crippen LogP contribution in [0.4, 0.5) is 5.69 Å². The SMILES string of the molecule is CN(C)c1cccc2c1C(=O)OC2=O. The summed E-state index contributed by atoms with van der Waals surface area (Å²) in [4.78, 5) is 24.3. The Kier molecular flexibility index (Phi) is 1.77. The fourth-order valence-corrected chi connectivity index (χ4v) is 1.49. The zero-order valence-electron chi connectivity index (χ0n) is 7.90. The molecule has 0 aliphatic carbocycles. The normalized spacial score (nSPS) is 13.9. The summed E-state index contributed by atoms with van der Waals surface area (Å²) in [6.45, 7) is 0. The van der Waals surface area contributed by atoms with E-state index >= 15 is 0 Å². The van der Waals surface area contributed by atoms with E-state index in [1.54, 1.807) is 23.1 Å². The second-order valence-electron chi connectivity index (χ2n) is 3.27. The van der Waals surface area contributed by atoms with Gasteiger partial charge in [-0.2, -0.15) is 0 Å². The molecule has 1 aromatic carbocycles. The van der Waals surface area contributed by atoms with Crippen molar-refractivity contribution in [1.29, 1.82) is 0 Å². The summed E-state index contributed by atoms with van der Waals surface area (Å²) in [6, 6.07) is 5.10. The molecule has 0 amide bonds. The van der Waals surface area contributed by atoms with Gasteiger partial charge in [-0.05, 0) is 12.1 Å². The van der Waals surface area contributed by atoms with Crippen molar-refractivity contribution in [2.75, 3.05) is 19.0 Å². The van der Waals surface area contributed by atoms with E-state index in [0.29, 0.717) is 16.8 Å². The first-order chi connectivity index (χ1) is 6.61. The van der Waals surface area contributed by atoms with E-state index in [1.165, 1.54) is 0 Å². The van der Waals surface area contributed by atoms with Crippen LogP contribution >= 0.6 is 0 Å². The molecule has 0 saturated heterocycles. The number of ether oxygens (including phenoxy) is 1. The molecule has 0 saturated carbocycles. The highest BCUT2D eigenvalue weighted by Crippen LogP contribution is 2.28. The molecule has 0 bridgehead atoms. The number of hydrogen-bond acceptors (Lipinski definition) is 4. The van der Waals surface area contributed by atoms with Gasteiger partial charge in [0.15, 0.2) is 0 Å². The topological polar surface area (TPSA) is 46.6 Å². The van der Waals surface area contributed by atoms with Crippen molar-refractivity contribution in [3.05, 3.63) is 29.3 Å². The number of cyclic esters (lactones) is 2. The number of rotatable bonds is 1. The van der Waals surface area contributed by atoms with E-state index in [-0.39, 0.29) is 0 Å². The number of carbonyl (C=O) groups excluding carboxylic acids is 2. The molecule has 0 fully saturated rings. The molecule has 1 aliphatic rings. The highest BCUT2D eigenvalue weighted by atomic mass is 16.6. The zero-order valence-corrected chi connectivity index (χ0v) is 7.90. The molecule has 1 aliphatic heterocycles. The molecule has 4 nitrogen and oxygen atoms in total. The van der Waals surface area contributed by atoms with E-state index in [2.05, 4.69) is 4.74 Å². The minimum atomic E-state index is -0.561. The summed E-state index contributed by atoms with van der Waals surface area (Å²) in [7, 11) is 3.62. The number of fused-ring (bicyclic) bond motifs is 1. The Balaban J connectivity index is 2.68. The monoisotopic (exact) mass is 191 g/mol. The Bertz CT molecular complexity index is 423. The second kappa shape index (κ2) is 2.83. The van der Waals surface area contributed by atoms with Gasteiger partial charge >= 0.3 is 11.9 Å². The number of carbonyl (C=O) groups is 2. The molecular weight excluding hydrogens is 182 g/mol. The predicted octanol–water partition coefficient (Wildman–Crippen LogP) is 1.06. The Morgan fingerprint density at radius 1 is 1.14 bits per heavy atom. The van der Waals surface area contributed by atoms with Gasteiger partial charge in [0.1, 0.15) is 0 Å². The lowest BCUT2D eigenvalue weighted by Crippen LogP contribution is -2.12. The number of benzene rings is 1. The van der Waals surface area contributed by atoms with E-state index in [1.807, 2.05) is 14.1 Å². The summed E-state index contributed by atoms with van der Waals surface area (Å²) in [5.41, 5.74) is 1.42. The first kappa shape index (κ1) is 8.74. The molecule has 0 aromatic heterocycles. The third-order valence-electron chi connectivity index (χ3n) is 2.13. The molecule has 0 N–H and O–H groups in total. The van der Waals surface area contributed by atoms with Crippen LogP contribution in [0.25, 0.3) is 0 Å². The van der Waals surface area contributed by atoms with Crippen molar-refractivity contribution in [2.24, 2.45) is 0 Å². The van der Waals surface area contributed by atoms with Crippen LogP contribution in [0.5, 0.6) is 0 Å². The molecule has 1 aromatic rings. The second-order valence-corrected chi connectivity index (χ2v) is 3.27. The first-order valence-corrected chi connectivity index (χ1v) is 4.18. The van der Waals surface area contributed by atoms with Gasteiger partial charge in [0.25, 0.3) is 0 Å². The maximum Gasteiger partial charge on any atom is 0.349 e. The molecule has 2 rings (SSSR count). The number of nitrogens with zero attached hydrogens (tertiary/aromatic N) is 1. The smallest absolute Gasteiger partial charge is 0.349 e. The fourth-order valence-electron chi connectivity index (χ4n) is 1.49. The summed E-state index contributed by atoms with van der Waals surface area (Å²) < 4.78 is 4.52. The molecule has 14 heavy (non-hydrogen) atoms. The average Bonchev–Trinajstić information content (AvgIpc) is 2.43. The lowest BCUT2D eigenvalue weighted by molar-refractivity contribution is 0.0444. The molecule has 0 spiro atoms. The lowest BCUT2D eigenvalue weighted by atomic mass is 10.1. The third kappa shape index (κ3) is 1.08. The maximum absolute atomic E-state index is 11.3. The summed E-state index contributed by atoms with van der Waals surface area (Å²) >= 11 is 0. The van der Waals surface area contributed by atoms with Gasteiger partial charge in [-0.25, -0.2) is 9.59 Å². The van der Waals surface area contributed by atoms with E-state index < -0.39 is 11.9 Å². The minimum absolute atomic E-state index is 0.348. The zero-order chi connectivity index (χ0) is 10.3. The largest absolute Gasteiger partial charge is 0.386 e. The fraction of sp³-hybridized carbons (Fsp3) is 0.200. The molecule has 1 heterocycles. The van der Waals surface area contributed by atoms with Gasteiger partial charge < -0.3 is 9.64 Å². The minimum Gasteiger partial charge on any atom is -0.386 e. The molecule has 0 unspecified atom stereocenters. The van der Waals surface area contributed by atoms with Gasteiger partial charge in [0, 0.05) is 14.1 Å². The van der Waals surface area contributed by atoms with Crippen LogP contribution in [0.15, 0.2) is 18.2 Å². The Morgan fingerprint density at radius 3 is 2.50 bits per heavy atom.